The van der Waals surface area contributed by atoms with Crippen LogP contribution < -0.4 is 0 Å². The highest BCUT2D eigenvalue weighted by Gasteiger charge is 2.36. The molecule has 1 aliphatic carbocycles. The molecule has 6 heteroatoms. The zero-order valence-electron chi connectivity index (χ0n) is 9.42. The molecule has 1 fully saturated rings. The van der Waals surface area contributed by atoms with Gasteiger partial charge in [-0.1, -0.05) is 11.6 Å². The van der Waals surface area contributed by atoms with Crippen LogP contribution in [0.15, 0.2) is 0 Å². The molecule has 3 nitrogen and oxygen atoms in total. The Morgan fingerprint density at radius 1 is 1.47 bits per heavy atom. The van der Waals surface area contributed by atoms with Gasteiger partial charge in [-0.3, -0.25) is 4.79 Å². The number of hydrogen-bond acceptors (Lipinski definition) is 2. The third kappa shape index (κ3) is 2.34. The number of alkyl halides is 2. The Kier molecular flexibility index (Phi) is 3.21. The Bertz CT molecular complexity index is 435. The largest absolute Gasteiger partial charge is 0.298 e. The standard InChI is InChI=1S/C11H13ClF2N2O/c1-7-9(6-17)10(12)16(15-7)8-2-4-11(13,14)5-3-8/h6,8H,2-5H2,1H3. The first kappa shape index (κ1) is 12.5. The van der Waals surface area contributed by atoms with Crippen LogP contribution in [-0.2, 0) is 0 Å². The maximum absolute atomic E-state index is 13.0. The topological polar surface area (TPSA) is 34.9 Å². The number of hydrogen-bond donors (Lipinski definition) is 0. The molecule has 1 saturated carbocycles. The number of nitrogens with zero attached hydrogens (tertiary/aromatic N) is 2. The number of carbonyl (C=O) groups excluding carboxylic acids is 1. The molecule has 0 unspecified atom stereocenters. The normalized spacial score (nSPS) is 20.5. The van der Waals surface area contributed by atoms with Crippen molar-refractivity contribution in [2.75, 3.05) is 0 Å². The summed E-state index contributed by atoms with van der Waals surface area (Å²) < 4.78 is 27.6. The second-order valence-electron chi connectivity index (χ2n) is 4.44. The summed E-state index contributed by atoms with van der Waals surface area (Å²) in [5.41, 5.74) is 0.895. The van der Waals surface area contributed by atoms with Gasteiger partial charge >= 0.3 is 0 Å². The van der Waals surface area contributed by atoms with Gasteiger partial charge in [-0.05, 0) is 19.8 Å². The zero-order chi connectivity index (χ0) is 12.6. The molecule has 0 N–H and O–H groups in total. The molecule has 0 bridgehead atoms. The third-order valence-corrected chi connectivity index (χ3v) is 3.60. The summed E-state index contributed by atoms with van der Waals surface area (Å²) in [6.45, 7) is 1.68. The Morgan fingerprint density at radius 2 is 2.06 bits per heavy atom. The molecular weight excluding hydrogens is 250 g/mol. The molecular formula is C11H13ClF2N2O. The molecule has 0 saturated heterocycles. The third-order valence-electron chi connectivity index (χ3n) is 3.22. The molecule has 1 aromatic heterocycles. The van der Waals surface area contributed by atoms with E-state index in [1.165, 1.54) is 4.68 Å². The smallest absolute Gasteiger partial charge is 0.248 e. The minimum Gasteiger partial charge on any atom is -0.298 e. The number of aromatic nitrogens is 2. The first-order valence-corrected chi connectivity index (χ1v) is 5.90. The second-order valence-corrected chi connectivity index (χ2v) is 4.80. The highest BCUT2D eigenvalue weighted by molar-refractivity contribution is 6.32. The summed E-state index contributed by atoms with van der Waals surface area (Å²) in [5, 5.41) is 4.42. The van der Waals surface area contributed by atoms with E-state index in [0.717, 1.165) is 0 Å². The van der Waals surface area contributed by atoms with Gasteiger partial charge in [-0.15, -0.1) is 0 Å². The summed E-state index contributed by atoms with van der Waals surface area (Å²) in [6.07, 6.45) is 1.03. The number of aryl methyl sites for hydroxylation is 1. The number of halogens is 3. The van der Waals surface area contributed by atoms with Crippen molar-refractivity contribution in [1.29, 1.82) is 0 Å². The molecule has 0 atom stereocenters. The van der Waals surface area contributed by atoms with Gasteiger partial charge in [0.25, 0.3) is 0 Å². The maximum atomic E-state index is 13.0. The molecule has 1 heterocycles. The number of carbonyl (C=O) groups is 1. The molecule has 0 aromatic carbocycles. The van der Waals surface area contributed by atoms with Crippen LogP contribution in [0.25, 0.3) is 0 Å². The summed E-state index contributed by atoms with van der Waals surface area (Å²) in [4.78, 5) is 10.8. The summed E-state index contributed by atoms with van der Waals surface area (Å²) >= 11 is 6.02. The van der Waals surface area contributed by atoms with Crippen LogP contribution in [0.2, 0.25) is 5.15 Å². The van der Waals surface area contributed by atoms with Crippen molar-refractivity contribution >= 4 is 17.9 Å². The maximum Gasteiger partial charge on any atom is 0.248 e. The van der Waals surface area contributed by atoms with Crippen molar-refractivity contribution in [3.8, 4) is 0 Å². The molecule has 17 heavy (non-hydrogen) atoms. The summed E-state index contributed by atoms with van der Waals surface area (Å²) in [7, 11) is 0. The van der Waals surface area contributed by atoms with E-state index in [1.807, 2.05) is 0 Å². The first-order chi connectivity index (χ1) is 7.94. The van der Waals surface area contributed by atoms with Crippen molar-refractivity contribution in [1.82, 2.24) is 9.78 Å². The molecule has 2 rings (SSSR count). The van der Waals surface area contributed by atoms with Crippen molar-refractivity contribution in [3.05, 3.63) is 16.4 Å². The van der Waals surface area contributed by atoms with E-state index in [9.17, 15) is 13.6 Å². The van der Waals surface area contributed by atoms with E-state index < -0.39 is 5.92 Å². The lowest BCUT2D eigenvalue weighted by Crippen LogP contribution is -2.26. The van der Waals surface area contributed by atoms with Gasteiger partial charge in [-0.25, -0.2) is 13.5 Å². The zero-order valence-corrected chi connectivity index (χ0v) is 10.2. The van der Waals surface area contributed by atoms with Gasteiger partial charge in [0.1, 0.15) is 5.15 Å². The molecule has 0 amide bonds. The fraction of sp³-hybridized carbons (Fsp3) is 0.636. The van der Waals surface area contributed by atoms with Crippen molar-refractivity contribution in [3.63, 3.8) is 0 Å². The fourth-order valence-corrected chi connectivity index (χ4v) is 2.53. The lowest BCUT2D eigenvalue weighted by atomic mass is 9.92. The quantitative estimate of drug-likeness (QED) is 0.766. The predicted molar refractivity (Wildman–Crippen MR) is 59.8 cm³/mol. The highest BCUT2D eigenvalue weighted by atomic mass is 35.5. The van der Waals surface area contributed by atoms with Crippen LogP contribution in [0, 0.1) is 6.92 Å². The Hall–Kier alpha value is -0.970. The van der Waals surface area contributed by atoms with E-state index in [-0.39, 0.29) is 24.0 Å². The lowest BCUT2D eigenvalue weighted by molar-refractivity contribution is -0.0449. The summed E-state index contributed by atoms with van der Waals surface area (Å²) in [5.74, 6) is -2.57. The van der Waals surface area contributed by atoms with E-state index >= 15 is 0 Å². The van der Waals surface area contributed by atoms with Crippen LogP contribution in [-0.4, -0.2) is 22.0 Å². The second kappa shape index (κ2) is 4.37. The average Bonchev–Trinajstić information content (AvgIpc) is 2.54. The molecule has 0 aliphatic heterocycles. The fourth-order valence-electron chi connectivity index (χ4n) is 2.18. The van der Waals surface area contributed by atoms with Crippen LogP contribution in [0.3, 0.4) is 0 Å². The highest BCUT2D eigenvalue weighted by Crippen LogP contribution is 2.39. The average molecular weight is 263 g/mol. The number of rotatable bonds is 2. The minimum atomic E-state index is -2.57. The molecule has 1 aliphatic rings. The van der Waals surface area contributed by atoms with E-state index in [4.69, 9.17) is 11.6 Å². The predicted octanol–water partition coefficient (Wildman–Crippen LogP) is 3.41. The summed E-state index contributed by atoms with van der Waals surface area (Å²) in [6, 6.07) is -0.130. The van der Waals surface area contributed by atoms with E-state index in [1.54, 1.807) is 6.92 Å². The van der Waals surface area contributed by atoms with Crippen LogP contribution in [0.1, 0.15) is 47.8 Å². The Labute approximate surface area is 103 Å². The van der Waals surface area contributed by atoms with Gasteiger partial charge in [0.2, 0.25) is 5.92 Å². The van der Waals surface area contributed by atoms with E-state index in [2.05, 4.69) is 5.10 Å². The van der Waals surface area contributed by atoms with Gasteiger partial charge in [-0.2, -0.15) is 5.10 Å². The van der Waals surface area contributed by atoms with Crippen LogP contribution in [0.4, 0.5) is 8.78 Å². The van der Waals surface area contributed by atoms with Crippen molar-refractivity contribution in [2.45, 2.75) is 44.6 Å². The monoisotopic (exact) mass is 262 g/mol. The molecule has 94 valence electrons. The van der Waals surface area contributed by atoms with Crippen LogP contribution >= 0.6 is 11.6 Å². The SMILES string of the molecule is Cc1nn(C2CCC(F)(F)CC2)c(Cl)c1C=O. The number of aldehydes is 1. The Morgan fingerprint density at radius 3 is 2.53 bits per heavy atom. The van der Waals surface area contributed by atoms with Crippen LogP contribution in [0.5, 0.6) is 0 Å². The minimum absolute atomic E-state index is 0.130. The van der Waals surface area contributed by atoms with Crippen molar-refractivity contribution in [2.24, 2.45) is 0 Å². The van der Waals surface area contributed by atoms with E-state index in [0.29, 0.717) is 30.4 Å². The van der Waals surface area contributed by atoms with Gasteiger partial charge in [0.15, 0.2) is 6.29 Å². The van der Waals surface area contributed by atoms with Gasteiger partial charge < -0.3 is 0 Å². The van der Waals surface area contributed by atoms with Gasteiger partial charge in [0.05, 0.1) is 17.3 Å². The Balaban J connectivity index is 2.22. The molecule has 0 radical (unpaired) electrons. The molecule has 0 spiro atoms. The van der Waals surface area contributed by atoms with Gasteiger partial charge in [0, 0.05) is 12.8 Å². The molecule has 1 aromatic rings. The lowest BCUT2D eigenvalue weighted by Gasteiger charge is -2.28. The van der Waals surface area contributed by atoms with Crippen molar-refractivity contribution < 1.29 is 13.6 Å². The first-order valence-electron chi connectivity index (χ1n) is 5.52.